The zero-order valence-corrected chi connectivity index (χ0v) is 30.9. The van der Waals surface area contributed by atoms with Crippen molar-refractivity contribution in [2.24, 2.45) is 5.92 Å². The third kappa shape index (κ3) is 10.6. The predicted octanol–water partition coefficient (Wildman–Crippen LogP) is 8.35. The Morgan fingerprint density at radius 3 is 2.49 bits per heavy atom. The molecule has 3 aromatic heterocycles. The molecule has 4 heterocycles. The standard InChI is InChI=1S/C35H46BrFN6O3S/c1-33(2,3)27-17-16-26(30(37)40-27)31(44)42-47-29-11-9-10-28(41-29)39-25(18-24-15-13-23(36)20-38-24)14-12-22-19-35(7,8)43(21-22)32(45)46-34(4,5)6/h9-11,13,15-17,20,22,25H,12,14,18-19,21H2,1-8H3,(H,39,41)(H,42,44)/t22-,25?/m0/s1. The molecule has 9 nitrogen and oxygen atoms in total. The Morgan fingerprint density at radius 1 is 1.11 bits per heavy atom. The van der Waals surface area contributed by atoms with Crippen molar-refractivity contribution >= 4 is 45.7 Å². The van der Waals surface area contributed by atoms with Crippen LogP contribution in [-0.4, -0.2) is 55.6 Å². The number of carbonyl (C=O) groups excluding carboxylic acids is 2. The summed E-state index contributed by atoms with van der Waals surface area (Å²) in [4.78, 5) is 40.9. The largest absolute Gasteiger partial charge is 0.444 e. The van der Waals surface area contributed by atoms with E-state index in [-0.39, 0.29) is 28.7 Å². The van der Waals surface area contributed by atoms with Gasteiger partial charge in [-0.1, -0.05) is 26.8 Å². The number of halogens is 2. The summed E-state index contributed by atoms with van der Waals surface area (Å²) in [7, 11) is 0. The van der Waals surface area contributed by atoms with Crippen LogP contribution in [0.5, 0.6) is 0 Å². The van der Waals surface area contributed by atoms with Gasteiger partial charge < -0.3 is 15.0 Å². The molecule has 1 fully saturated rings. The predicted molar refractivity (Wildman–Crippen MR) is 188 cm³/mol. The van der Waals surface area contributed by atoms with Crippen LogP contribution in [0.25, 0.3) is 0 Å². The molecule has 0 saturated carbocycles. The molecule has 47 heavy (non-hydrogen) atoms. The van der Waals surface area contributed by atoms with E-state index in [0.29, 0.717) is 35.4 Å². The van der Waals surface area contributed by atoms with Crippen molar-refractivity contribution in [1.82, 2.24) is 24.6 Å². The van der Waals surface area contributed by atoms with Crippen LogP contribution in [0.1, 0.15) is 96.4 Å². The van der Waals surface area contributed by atoms with Crippen molar-refractivity contribution in [2.75, 3.05) is 11.9 Å². The molecular weight excluding hydrogens is 683 g/mol. The first-order chi connectivity index (χ1) is 21.9. The lowest BCUT2D eigenvalue weighted by molar-refractivity contribution is 0.0130. The molecule has 1 unspecified atom stereocenters. The van der Waals surface area contributed by atoms with Crippen LogP contribution in [0.2, 0.25) is 0 Å². The Labute approximate surface area is 290 Å². The van der Waals surface area contributed by atoms with Crippen LogP contribution < -0.4 is 10.0 Å². The third-order valence-corrected chi connectivity index (χ3v) is 9.12. The monoisotopic (exact) mass is 728 g/mol. The number of pyridine rings is 3. The SMILES string of the molecule is CC(C)(C)OC(=O)N1C[C@@H](CCC(Cc2ccc(Br)cn2)Nc2cccc(SNC(=O)c3ccc(C(C)(C)C)nc3F)n2)CC1(C)C. The summed E-state index contributed by atoms with van der Waals surface area (Å²) in [5, 5.41) is 4.13. The lowest BCUT2D eigenvalue weighted by atomic mass is 9.91. The minimum Gasteiger partial charge on any atom is -0.444 e. The minimum absolute atomic E-state index is 0.00575. The van der Waals surface area contributed by atoms with Gasteiger partial charge in [0.1, 0.15) is 16.4 Å². The molecule has 2 N–H and O–H groups in total. The molecule has 0 bridgehead atoms. The number of carbonyl (C=O) groups is 2. The molecule has 3 aromatic rings. The molecule has 12 heteroatoms. The molecule has 2 amide bonds. The first kappa shape index (κ1) is 36.6. The fourth-order valence-corrected chi connectivity index (χ4v) is 6.43. The first-order valence-electron chi connectivity index (χ1n) is 15.9. The molecule has 4 rings (SSSR count). The van der Waals surface area contributed by atoms with Crippen molar-refractivity contribution in [3.05, 3.63) is 76.0 Å². The van der Waals surface area contributed by atoms with Crippen LogP contribution >= 0.6 is 27.9 Å². The van der Waals surface area contributed by atoms with E-state index in [0.717, 1.165) is 41.4 Å². The molecule has 254 valence electrons. The highest BCUT2D eigenvalue weighted by molar-refractivity contribution is 9.10. The number of ether oxygens (including phenoxy) is 1. The van der Waals surface area contributed by atoms with E-state index in [1.165, 1.54) is 6.07 Å². The highest BCUT2D eigenvalue weighted by atomic mass is 79.9. The van der Waals surface area contributed by atoms with Gasteiger partial charge in [-0.25, -0.2) is 14.8 Å². The topological polar surface area (TPSA) is 109 Å². The van der Waals surface area contributed by atoms with E-state index < -0.39 is 17.5 Å². The van der Waals surface area contributed by atoms with Gasteiger partial charge >= 0.3 is 6.09 Å². The van der Waals surface area contributed by atoms with Crippen molar-refractivity contribution < 1.29 is 18.7 Å². The van der Waals surface area contributed by atoms with Gasteiger partial charge in [-0.05, 0) is 112 Å². The number of nitrogens with zero attached hydrogens (tertiary/aromatic N) is 4. The quantitative estimate of drug-likeness (QED) is 0.158. The number of hydrogen-bond acceptors (Lipinski definition) is 8. The van der Waals surface area contributed by atoms with E-state index >= 15 is 0 Å². The second-order valence-corrected chi connectivity index (χ2v) is 16.5. The first-order valence-corrected chi connectivity index (χ1v) is 17.5. The smallest absolute Gasteiger partial charge is 0.410 e. The number of hydrogen-bond donors (Lipinski definition) is 2. The third-order valence-electron chi connectivity index (χ3n) is 7.93. The van der Waals surface area contributed by atoms with Crippen LogP contribution in [0.15, 0.2) is 58.2 Å². The molecule has 1 saturated heterocycles. The summed E-state index contributed by atoms with van der Waals surface area (Å²) >= 11 is 4.48. The second kappa shape index (κ2) is 14.9. The number of likely N-dealkylation sites (tertiary alicyclic amines) is 1. The lowest BCUT2D eigenvalue weighted by Crippen LogP contribution is -2.45. The Hall–Kier alpha value is -3.25. The highest BCUT2D eigenvalue weighted by Crippen LogP contribution is 2.36. The van der Waals surface area contributed by atoms with E-state index in [4.69, 9.17) is 9.72 Å². The summed E-state index contributed by atoms with van der Waals surface area (Å²) < 4.78 is 24.0. The zero-order valence-electron chi connectivity index (χ0n) is 28.5. The number of rotatable bonds is 10. The average molecular weight is 730 g/mol. The molecule has 0 radical (unpaired) electrons. The summed E-state index contributed by atoms with van der Waals surface area (Å²) in [6.45, 7) is 16.3. The molecular formula is C35H46BrFN6O3S. The lowest BCUT2D eigenvalue weighted by Gasteiger charge is -2.33. The summed E-state index contributed by atoms with van der Waals surface area (Å²) in [5.41, 5.74) is 0.215. The summed E-state index contributed by atoms with van der Waals surface area (Å²) in [6, 6.07) is 12.6. The van der Waals surface area contributed by atoms with Crippen molar-refractivity contribution in [1.29, 1.82) is 0 Å². The Morgan fingerprint density at radius 2 is 1.85 bits per heavy atom. The Bertz CT molecular complexity index is 1560. The highest BCUT2D eigenvalue weighted by Gasteiger charge is 2.42. The van der Waals surface area contributed by atoms with Crippen molar-refractivity contribution in [2.45, 2.75) is 109 Å². The molecule has 0 spiro atoms. The fourth-order valence-electron chi connectivity index (χ4n) is 5.60. The van der Waals surface area contributed by atoms with E-state index in [2.05, 4.69) is 49.8 Å². The molecule has 0 aliphatic carbocycles. The van der Waals surface area contributed by atoms with Crippen molar-refractivity contribution in [3.63, 3.8) is 0 Å². The number of nitrogens with one attached hydrogen (secondary N) is 2. The van der Waals surface area contributed by atoms with Crippen LogP contribution in [0.4, 0.5) is 15.0 Å². The normalized spacial score (nSPS) is 16.9. The zero-order chi connectivity index (χ0) is 34.6. The minimum atomic E-state index is -0.803. The van der Waals surface area contributed by atoms with Gasteiger partial charge in [0.25, 0.3) is 5.91 Å². The van der Waals surface area contributed by atoms with Crippen LogP contribution in [0, 0.1) is 11.9 Å². The Balaban J connectivity index is 1.42. The van der Waals surface area contributed by atoms with Gasteiger partial charge in [0, 0.05) is 64.0 Å². The molecule has 1 aliphatic rings. The molecule has 2 atom stereocenters. The molecule has 0 aromatic carbocycles. The average Bonchev–Trinajstić information content (AvgIpc) is 3.28. The maximum atomic E-state index is 14.7. The number of amides is 2. The van der Waals surface area contributed by atoms with Crippen molar-refractivity contribution in [3.8, 4) is 0 Å². The summed E-state index contributed by atoms with van der Waals surface area (Å²) in [6.07, 6.45) is 4.80. The van der Waals surface area contributed by atoms with Crippen LogP contribution in [0.3, 0.4) is 0 Å². The van der Waals surface area contributed by atoms with E-state index in [1.807, 2.05) is 70.7 Å². The van der Waals surface area contributed by atoms with Gasteiger partial charge in [-0.3, -0.25) is 14.5 Å². The second-order valence-electron chi connectivity index (χ2n) is 14.7. The Kier molecular flexibility index (Phi) is 11.6. The maximum Gasteiger partial charge on any atom is 0.410 e. The van der Waals surface area contributed by atoms with Gasteiger partial charge in [-0.15, -0.1) is 0 Å². The van der Waals surface area contributed by atoms with Gasteiger partial charge in [0.05, 0.1) is 5.56 Å². The fraction of sp³-hybridized carbons (Fsp3) is 0.514. The van der Waals surface area contributed by atoms with E-state index in [1.54, 1.807) is 18.3 Å². The summed E-state index contributed by atoms with van der Waals surface area (Å²) in [5.74, 6) is -0.420. The van der Waals surface area contributed by atoms with Gasteiger partial charge in [-0.2, -0.15) is 4.39 Å². The van der Waals surface area contributed by atoms with E-state index in [9.17, 15) is 14.0 Å². The number of aromatic nitrogens is 3. The van der Waals surface area contributed by atoms with Gasteiger partial charge in [0.15, 0.2) is 0 Å². The van der Waals surface area contributed by atoms with Crippen LogP contribution in [-0.2, 0) is 16.6 Å². The maximum absolute atomic E-state index is 14.7. The van der Waals surface area contributed by atoms with Gasteiger partial charge in [0.2, 0.25) is 5.95 Å². The number of anilines is 1. The molecule has 1 aliphatic heterocycles.